The van der Waals surface area contributed by atoms with Crippen molar-refractivity contribution in [2.75, 3.05) is 11.9 Å². The first kappa shape index (κ1) is 16.2. The first-order valence-electron chi connectivity index (χ1n) is 7.42. The van der Waals surface area contributed by atoms with Crippen molar-refractivity contribution in [1.29, 1.82) is 0 Å². The predicted octanol–water partition coefficient (Wildman–Crippen LogP) is 2.72. The number of carbonyl (C=O) groups excluding carboxylic acids is 1. The molecule has 1 aliphatic carbocycles. The van der Waals surface area contributed by atoms with Gasteiger partial charge in [0.1, 0.15) is 0 Å². The molecule has 0 atom stereocenters. The van der Waals surface area contributed by atoms with Gasteiger partial charge in [0.2, 0.25) is 0 Å². The maximum absolute atomic E-state index is 11.9. The second-order valence-corrected chi connectivity index (χ2v) is 5.85. The zero-order valence-corrected chi connectivity index (χ0v) is 12.6. The quantitative estimate of drug-likeness (QED) is 0.587. The molecule has 7 heteroatoms. The average Bonchev–Trinajstić information content (AvgIpc) is 2.48. The van der Waals surface area contributed by atoms with Crippen LogP contribution in [0.1, 0.15) is 37.7 Å². The summed E-state index contributed by atoms with van der Waals surface area (Å²) in [6.45, 7) is 1.95. The lowest BCUT2D eigenvalue weighted by atomic mass is 9.85. The monoisotopic (exact) mass is 307 g/mol. The summed E-state index contributed by atoms with van der Waals surface area (Å²) in [6, 6.07) is 3.83. The van der Waals surface area contributed by atoms with E-state index in [0.717, 1.165) is 24.8 Å². The van der Waals surface area contributed by atoms with Crippen LogP contribution in [0.3, 0.4) is 0 Å². The van der Waals surface area contributed by atoms with Crippen LogP contribution in [0.5, 0.6) is 0 Å². The maximum Gasteiger partial charge on any atom is 0.319 e. The molecule has 2 amide bonds. The van der Waals surface area contributed by atoms with E-state index in [9.17, 15) is 20.0 Å². The largest absolute Gasteiger partial charge is 0.388 e. The molecular formula is C15H21N3O4. The summed E-state index contributed by atoms with van der Waals surface area (Å²) < 4.78 is 0. The van der Waals surface area contributed by atoms with E-state index in [2.05, 4.69) is 10.6 Å². The van der Waals surface area contributed by atoms with Crippen LogP contribution in [0.4, 0.5) is 16.2 Å². The molecule has 0 unspecified atom stereocenters. The molecule has 0 aliphatic heterocycles. The van der Waals surface area contributed by atoms with Crippen molar-refractivity contribution in [3.63, 3.8) is 0 Å². The number of aryl methyl sites for hydroxylation is 1. The molecule has 0 bridgehead atoms. The number of carbonyl (C=O) groups is 1. The fourth-order valence-electron chi connectivity index (χ4n) is 2.66. The molecule has 3 N–H and O–H groups in total. The number of nitro groups is 1. The van der Waals surface area contributed by atoms with Crippen molar-refractivity contribution in [1.82, 2.24) is 5.32 Å². The summed E-state index contributed by atoms with van der Waals surface area (Å²) >= 11 is 0. The zero-order valence-electron chi connectivity index (χ0n) is 12.6. The number of nitrogens with one attached hydrogen (secondary N) is 2. The third-order valence-corrected chi connectivity index (χ3v) is 4.04. The SMILES string of the molecule is Cc1ccc([N+](=O)[O-])cc1NC(=O)NCC1(O)CCCCC1. The van der Waals surface area contributed by atoms with Crippen molar-refractivity contribution in [2.24, 2.45) is 0 Å². The number of rotatable bonds is 4. The highest BCUT2D eigenvalue weighted by atomic mass is 16.6. The molecule has 0 heterocycles. The van der Waals surface area contributed by atoms with E-state index in [4.69, 9.17) is 0 Å². The van der Waals surface area contributed by atoms with Gasteiger partial charge in [-0.2, -0.15) is 0 Å². The van der Waals surface area contributed by atoms with E-state index >= 15 is 0 Å². The number of benzene rings is 1. The second kappa shape index (κ2) is 6.74. The fourth-order valence-corrected chi connectivity index (χ4v) is 2.66. The van der Waals surface area contributed by atoms with Crippen LogP contribution in [0.25, 0.3) is 0 Å². The van der Waals surface area contributed by atoms with Gasteiger partial charge in [-0.1, -0.05) is 25.3 Å². The van der Waals surface area contributed by atoms with Crippen molar-refractivity contribution in [3.8, 4) is 0 Å². The van der Waals surface area contributed by atoms with E-state index in [1.54, 1.807) is 13.0 Å². The Kier molecular flexibility index (Phi) is 4.97. The third-order valence-electron chi connectivity index (χ3n) is 4.04. The Bertz CT molecular complexity index is 568. The standard InChI is InChI=1S/C15H21N3O4/c1-11-5-6-12(18(21)22)9-13(11)17-14(19)16-10-15(20)7-3-2-4-8-15/h5-6,9,20H,2-4,7-8,10H2,1H3,(H2,16,17,19). The van der Waals surface area contributed by atoms with E-state index in [1.165, 1.54) is 12.1 Å². The number of hydrogen-bond donors (Lipinski definition) is 3. The van der Waals surface area contributed by atoms with Crippen LogP contribution in [0, 0.1) is 17.0 Å². The van der Waals surface area contributed by atoms with Crippen LogP contribution in [0.15, 0.2) is 18.2 Å². The molecule has 1 fully saturated rings. The number of amides is 2. The first-order chi connectivity index (χ1) is 10.4. The lowest BCUT2D eigenvalue weighted by Gasteiger charge is -2.32. The molecular weight excluding hydrogens is 286 g/mol. The lowest BCUT2D eigenvalue weighted by molar-refractivity contribution is -0.384. The third kappa shape index (κ3) is 4.17. The van der Waals surface area contributed by atoms with E-state index in [0.29, 0.717) is 18.5 Å². The van der Waals surface area contributed by atoms with Gasteiger partial charge in [0.25, 0.3) is 5.69 Å². The summed E-state index contributed by atoms with van der Waals surface area (Å²) in [5.41, 5.74) is 0.208. The minimum atomic E-state index is -0.840. The Balaban J connectivity index is 1.94. The summed E-state index contributed by atoms with van der Waals surface area (Å²) in [5, 5.41) is 26.3. The molecule has 1 aromatic carbocycles. The Morgan fingerprint density at radius 3 is 2.68 bits per heavy atom. The van der Waals surface area contributed by atoms with Gasteiger partial charge >= 0.3 is 6.03 Å². The van der Waals surface area contributed by atoms with Crippen LogP contribution in [-0.2, 0) is 0 Å². The molecule has 0 spiro atoms. The number of nitro benzene ring substituents is 1. The van der Waals surface area contributed by atoms with Crippen LogP contribution in [-0.4, -0.2) is 28.2 Å². The van der Waals surface area contributed by atoms with Gasteiger partial charge in [-0.25, -0.2) is 4.79 Å². The van der Waals surface area contributed by atoms with Gasteiger partial charge < -0.3 is 15.7 Å². The topological polar surface area (TPSA) is 105 Å². The van der Waals surface area contributed by atoms with Gasteiger partial charge in [0, 0.05) is 18.7 Å². The molecule has 1 aromatic rings. The zero-order chi connectivity index (χ0) is 16.2. The summed E-state index contributed by atoms with van der Waals surface area (Å²) in [4.78, 5) is 22.2. The van der Waals surface area contributed by atoms with Crippen LogP contribution >= 0.6 is 0 Å². The molecule has 22 heavy (non-hydrogen) atoms. The Morgan fingerprint density at radius 1 is 1.36 bits per heavy atom. The second-order valence-electron chi connectivity index (χ2n) is 5.85. The summed E-state index contributed by atoms with van der Waals surface area (Å²) in [7, 11) is 0. The Morgan fingerprint density at radius 2 is 2.05 bits per heavy atom. The predicted molar refractivity (Wildman–Crippen MR) is 82.9 cm³/mol. The minimum Gasteiger partial charge on any atom is -0.388 e. The molecule has 120 valence electrons. The Labute approximate surface area is 128 Å². The highest BCUT2D eigenvalue weighted by Crippen LogP contribution is 2.27. The first-order valence-corrected chi connectivity index (χ1v) is 7.42. The molecule has 0 saturated heterocycles. The summed E-state index contributed by atoms with van der Waals surface area (Å²) in [5.74, 6) is 0. The van der Waals surface area contributed by atoms with Gasteiger partial charge in [0.05, 0.1) is 16.2 Å². The number of aliphatic hydroxyl groups is 1. The lowest BCUT2D eigenvalue weighted by Crippen LogP contribution is -2.45. The van der Waals surface area contributed by atoms with Crippen molar-refractivity contribution in [2.45, 2.75) is 44.6 Å². The minimum absolute atomic E-state index is 0.0770. The summed E-state index contributed by atoms with van der Waals surface area (Å²) in [6.07, 6.45) is 4.40. The number of hydrogen-bond acceptors (Lipinski definition) is 4. The number of anilines is 1. The van der Waals surface area contributed by atoms with Crippen LogP contribution < -0.4 is 10.6 Å². The maximum atomic E-state index is 11.9. The van der Waals surface area contributed by atoms with E-state index in [1.807, 2.05) is 0 Å². The van der Waals surface area contributed by atoms with E-state index < -0.39 is 16.6 Å². The van der Waals surface area contributed by atoms with Crippen molar-refractivity contribution in [3.05, 3.63) is 33.9 Å². The molecule has 1 aliphatic rings. The number of urea groups is 1. The molecule has 7 nitrogen and oxygen atoms in total. The average molecular weight is 307 g/mol. The molecule has 1 saturated carbocycles. The fraction of sp³-hybridized carbons (Fsp3) is 0.533. The normalized spacial score (nSPS) is 16.8. The number of nitrogens with zero attached hydrogens (tertiary/aromatic N) is 1. The highest BCUT2D eigenvalue weighted by molar-refractivity contribution is 5.90. The van der Waals surface area contributed by atoms with Crippen molar-refractivity contribution >= 4 is 17.4 Å². The Hall–Kier alpha value is -2.15. The van der Waals surface area contributed by atoms with Crippen LogP contribution in [0.2, 0.25) is 0 Å². The van der Waals surface area contributed by atoms with E-state index in [-0.39, 0.29) is 12.2 Å². The van der Waals surface area contributed by atoms with Gasteiger partial charge in [-0.3, -0.25) is 10.1 Å². The highest BCUT2D eigenvalue weighted by Gasteiger charge is 2.29. The van der Waals surface area contributed by atoms with Gasteiger partial charge in [0.15, 0.2) is 0 Å². The van der Waals surface area contributed by atoms with Gasteiger partial charge in [-0.15, -0.1) is 0 Å². The molecule has 0 aromatic heterocycles. The number of non-ortho nitro benzene ring substituents is 1. The van der Waals surface area contributed by atoms with Gasteiger partial charge in [-0.05, 0) is 25.3 Å². The molecule has 2 rings (SSSR count). The smallest absolute Gasteiger partial charge is 0.319 e. The molecule has 0 radical (unpaired) electrons. The van der Waals surface area contributed by atoms with Crippen molar-refractivity contribution < 1.29 is 14.8 Å².